The maximum atomic E-state index is 12.7. The van der Waals surface area contributed by atoms with Gasteiger partial charge < -0.3 is 10.6 Å². The number of hydrogen-bond donors (Lipinski definition) is 3. The molecule has 3 rings (SSSR count). The van der Waals surface area contributed by atoms with Gasteiger partial charge >= 0.3 is 6.18 Å². The molecule has 3 N–H and O–H groups in total. The summed E-state index contributed by atoms with van der Waals surface area (Å²) in [5, 5.41) is 13.2. The van der Waals surface area contributed by atoms with Crippen LogP contribution in [-0.4, -0.2) is 52.1 Å². The van der Waals surface area contributed by atoms with Gasteiger partial charge in [0.15, 0.2) is 5.82 Å². The number of sulfone groups is 1. The molecule has 0 amide bonds. The summed E-state index contributed by atoms with van der Waals surface area (Å²) in [5.74, 6) is 2.03. The molecule has 9 nitrogen and oxygen atoms in total. The molecule has 2 heterocycles. The summed E-state index contributed by atoms with van der Waals surface area (Å²) < 4.78 is 60.5. The SMILES string of the molecule is C[C@@H](Nc1cc(NCCCCS(C)(=O)=O)ncn1)c1nc(-c2ccc(C(F)(F)F)cc2)n[nH]1. The molecule has 33 heavy (non-hydrogen) atoms. The molecule has 1 atom stereocenters. The van der Waals surface area contributed by atoms with Crippen LogP contribution in [0.2, 0.25) is 0 Å². The van der Waals surface area contributed by atoms with E-state index in [1.807, 2.05) is 6.92 Å². The van der Waals surface area contributed by atoms with Crippen LogP contribution in [0.3, 0.4) is 0 Å². The summed E-state index contributed by atoms with van der Waals surface area (Å²) in [7, 11) is -2.96. The van der Waals surface area contributed by atoms with Gasteiger partial charge in [-0.15, -0.1) is 0 Å². The standard InChI is InChI=1S/C20H24F3N7O2S/c1-13(18-28-19(30-29-18)14-5-7-15(8-6-14)20(21,22)23)27-17-11-16(25-12-26-17)24-9-3-4-10-33(2,31)32/h5-8,11-13H,3-4,9-10H2,1-2H3,(H,28,29,30)(H2,24,25,26,27)/t13-/m1/s1. The van der Waals surface area contributed by atoms with Gasteiger partial charge in [0.05, 0.1) is 11.6 Å². The second-order valence-corrected chi connectivity index (χ2v) is 9.80. The zero-order chi connectivity index (χ0) is 24.1. The van der Waals surface area contributed by atoms with Crippen LogP contribution >= 0.6 is 0 Å². The minimum Gasteiger partial charge on any atom is -0.370 e. The Bertz CT molecular complexity index is 1160. The number of nitrogens with one attached hydrogen (secondary N) is 3. The monoisotopic (exact) mass is 483 g/mol. The van der Waals surface area contributed by atoms with Crippen molar-refractivity contribution in [1.82, 2.24) is 25.1 Å². The summed E-state index contributed by atoms with van der Waals surface area (Å²) in [4.78, 5) is 12.7. The molecule has 0 aliphatic carbocycles. The van der Waals surface area contributed by atoms with Crippen LogP contribution < -0.4 is 10.6 Å². The van der Waals surface area contributed by atoms with Crippen LogP contribution in [-0.2, 0) is 16.0 Å². The third kappa shape index (κ3) is 7.41. The fourth-order valence-corrected chi connectivity index (χ4v) is 3.66. The summed E-state index contributed by atoms with van der Waals surface area (Å²) in [5.41, 5.74) is -0.275. The molecule has 0 saturated heterocycles. The van der Waals surface area contributed by atoms with E-state index in [4.69, 9.17) is 0 Å². The van der Waals surface area contributed by atoms with Crippen molar-refractivity contribution in [2.24, 2.45) is 0 Å². The average Bonchev–Trinajstić information content (AvgIpc) is 3.23. The van der Waals surface area contributed by atoms with Crippen LogP contribution in [0.1, 0.15) is 37.2 Å². The number of benzene rings is 1. The molecule has 178 valence electrons. The first-order chi connectivity index (χ1) is 15.5. The first-order valence-electron chi connectivity index (χ1n) is 10.1. The van der Waals surface area contributed by atoms with Gasteiger partial charge in [-0.1, -0.05) is 12.1 Å². The highest BCUT2D eigenvalue weighted by molar-refractivity contribution is 7.90. The number of anilines is 2. The van der Waals surface area contributed by atoms with Gasteiger partial charge in [0.1, 0.15) is 33.6 Å². The molecule has 0 saturated carbocycles. The number of hydrogen-bond acceptors (Lipinski definition) is 8. The Kier molecular flexibility index (Phi) is 7.51. The van der Waals surface area contributed by atoms with Gasteiger partial charge in [-0.3, -0.25) is 5.10 Å². The lowest BCUT2D eigenvalue weighted by atomic mass is 10.1. The minimum atomic E-state index is -4.40. The van der Waals surface area contributed by atoms with Crippen molar-refractivity contribution in [2.45, 2.75) is 32.0 Å². The third-order valence-electron chi connectivity index (χ3n) is 4.66. The number of unbranched alkanes of at least 4 members (excludes halogenated alkanes) is 1. The second-order valence-electron chi connectivity index (χ2n) is 7.54. The van der Waals surface area contributed by atoms with Crippen LogP contribution in [0.15, 0.2) is 36.7 Å². The first-order valence-corrected chi connectivity index (χ1v) is 12.2. The highest BCUT2D eigenvalue weighted by Gasteiger charge is 2.30. The van der Waals surface area contributed by atoms with Crippen molar-refractivity contribution in [3.8, 4) is 11.4 Å². The fourth-order valence-electron chi connectivity index (χ4n) is 2.93. The summed E-state index contributed by atoms with van der Waals surface area (Å²) in [6.07, 6.45) is -0.553. The van der Waals surface area contributed by atoms with Gasteiger partial charge in [0.25, 0.3) is 0 Å². The fraction of sp³-hybridized carbons (Fsp3) is 0.400. The Hall–Kier alpha value is -3.22. The van der Waals surface area contributed by atoms with E-state index >= 15 is 0 Å². The molecule has 0 bridgehead atoms. The van der Waals surface area contributed by atoms with E-state index in [-0.39, 0.29) is 17.6 Å². The molecule has 0 radical (unpaired) electrons. The number of rotatable bonds is 10. The van der Waals surface area contributed by atoms with Crippen molar-refractivity contribution in [3.05, 3.63) is 48.0 Å². The lowest BCUT2D eigenvalue weighted by Gasteiger charge is -2.12. The lowest BCUT2D eigenvalue weighted by Crippen LogP contribution is -2.11. The van der Waals surface area contributed by atoms with Crippen LogP contribution in [0.5, 0.6) is 0 Å². The number of halogens is 3. The Balaban J connectivity index is 1.57. The van der Waals surface area contributed by atoms with Crippen molar-refractivity contribution in [2.75, 3.05) is 29.2 Å². The Morgan fingerprint density at radius 3 is 2.45 bits per heavy atom. The van der Waals surface area contributed by atoms with E-state index in [0.717, 1.165) is 12.1 Å². The molecular weight excluding hydrogens is 459 g/mol. The number of aromatic amines is 1. The highest BCUT2D eigenvalue weighted by Crippen LogP contribution is 2.30. The normalized spacial score (nSPS) is 13.0. The van der Waals surface area contributed by atoms with Gasteiger partial charge in [-0.05, 0) is 31.9 Å². The van der Waals surface area contributed by atoms with E-state index in [0.29, 0.717) is 42.4 Å². The van der Waals surface area contributed by atoms with Gasteiger partial charge in [-0.25, -0.2) is 23.4 Å². The zero-order valence-electron chi connectivity index (χ0n) is 18.0. The molecule has 0 unspecified atom stereocenters. The Morgan fingerprint density at radius 2 is 1.79 bits per heavy atom. The quantitative estimate of drug-likeness (QED) is 0.373. The maximum Gasteiger partial charge on any atom is 0.416 e. The predicted octanol–water partition coefficient (Wildman–Crippen LogP) is 3.69. The highest BCUT2D eigenvalue weighted by atomic mass is 32.2. The summed E-state index contributed by atoms with van der Waals surface area (Å²) in [6, 6.07) is 6.02. The lowest BCUT2D eigenvalue weighted by molar-refractivity contribution is -0.137. The van der Waals surface area contributed by atoms with Crippen LogP contribution in [0.25, 0.3) is 11.4 Å². The molecule has 0 aliphatic heterocycles. The topological polar surface area (TPSA) is 126 Å². The number of nitrogens with zero attached hydrogens (tertiary/aromatic N) is 4. The van der Waals surface area contributed by atoms with E-state index in [2.05, 4.69) is 35.8 Å². The van der Waals surface area contributed by atoms with Crippen molar-refractivity contribution >= 4 is 21.5 Å². The van der Waals surface area contributed by atoms with Crippen molar-refractivity contribution < 1.29 is 21.6 Å². The van der Waals surface area contributed by atoms with Crippen molar-refractivity contribution in [3.63, 3.8) is 0 Å². The molecule has 0 fully saturated rings. The van der Waals surface area contributed by atoms with Gasteiger partial charge in [-0.2, -0.15) is 18.3 Å². The van der Waals surface area contributed by atoms with E-state index in [9.17, 15) is 21.6 Å². The molecular formula is C20H24F3N7O2S. The molecule has 13 heteroatoms. The molecule has 1 aromatic carbocycles. The van der Waals surface area contributed by atoms with Crippen molar-refractivity contribution in [1.29, 1.82) is 0 Å². The Morgan fingerprint density at radius 1 is 1.09 bits per heavy atom. The molecule has 3 aromatic rings. The molecule has 2 aromatic heterocycles. The van der Waals surface area contributed by atoms with Gasteiger partial charge in [0.2, 0.25) is 0 Å². The second kappa shape index (κ2) is 10.1. The van der Waals surface area contributed by atoms with Crippen LogP contribution in [0.4, 0.5) is 24.8 Å². The largest absolute Gasteiger partial charge is 0.416 e. The van der Waals surface area contributed by atoms with E-state index in [1.54, 1.807) is 6.07 Å². The Labute approximate surface area is 189 Å². The average molecular weight is 484 g/mol. The molecule has 0 aliphatic rings. The first kappa shape index (κ1) is 24.4. The summed E-state index contributed by atoms with van der Waals surface area (Å²) in [6.45, 7) is 2.40. The zero-order valence-corrected chi connectivity index (χ0v) is 18.8. The molecule has 0 spiro atoms. The van der Waals surface area contributed by atoms with E-state index < -0.39 is 21.6 Å². The number of alkyl halides is 3. The maximum absolute atomic E-state index is 12.7. The van der Waals surface area contributed by atoms with E-state index in [1.165, 1.54) is 24.7 Å². The minimum absolute atomic E-state index is 0.147. The number of H-pyrrole nitrogens is 1. The van der Waals surface area contributed by atoms with Gasteiger partial charge in [0, 0.05) is 30.2 Å². The predicted molar refractivity (Wildman–Crippen MR) is 118 cm³/mol. The number of aromatic nitrogens is 5. The summed E-state index contributed by atoms with van der Waals surface area (Å²) >= 11 is 0. The van der Waals surface area contributed by atoms with Crippen LogP contribution in [0, 0.1) is 0 Å². The third-order valence-corrected chi connectivity index (χ3v) is 5.69. The smallest absolute Gasteiger partial charge is 0.370 e.